The Morgan fingerprint density at radius 1 is 1.57 bits per heavy atom. The molecule has 0 saturated heterocycles. The van der Waals surface area contributed by atoms with Crippen LogP contribution < -0.4 is 16.8 Å². The molecule has 1 amide bonds. The Morgan fingerprint density at radius 2 is 2.21 bits per heavy atom. The fourth-order valence-corrected chi connectivity index (χ4v) is 1.72. The van der Waals surface area contributed by atoms with E-state index in [1.54, 1.807) is 0 Å². The topological polar surface area (TPSA) is 81.1 Å². The lowest BCUT2D eigenvalue weighted by atomic mass is 10.0. The van der Waals surface area contributed by atoms with E-state index < -0.39 is 0 Å². The average Bonchev–Trinajstić information content (AvgIpc) is 2.51. The van der Waals surface area contributed by atoms with E-state index in [4.69, 9.17) is 11.5 Å². The molecule has 1 aliphatic carbocycles. The van der Waals surface area contributed by atoms with Gasteiger partial charge >= 0.3 is 0 Å². The van der Waals surface area contributed by atoms with E-state index in [2.05, 4.69) is 5.32 Å². The molecule has 4 nitrogen and oxygen atoms in total. The first-order chi connectivity index (χ1) is 6.15. The molecule has 2 unspecified atom stereocenters. The molecule has 0 radical (unpaired) electrons. The Kier molecular flexibility index (Phi) is 6.08. The average molecular weight is 222 g/mol. The van der Waals surface area contributed by atoms with Gasteiger partial charge in [-0.05, 0) is 19.8 Å². The molecule has 5 heteroatoms. The van der Waals surface area contributed by atoms with Crippen molar-refractivity contribution in [3.63, 3.8) is 0 Å². The minimum Gasteiger partial charge on any atom is -0.352 e. The van der Waals surface area contributed by atoms with Crippen molar-refractivity contribution in [3.8, 4) is 0 Å². The lowest BCUT2D eigenvalue weighted by Gasteiger charge is -2.18. The first-order valence-corrected chi connectivity index (χ1v) is 4.91. The Morgan fingerprint density at radius 3 is 2.64 bits per heavy atom. The van der Waals surface area contributed by atoms with Gasteiger partial charge in [0.15, 0.2) is 0 Å². The van der Waals surface area contributed by atoms with E-state index in [-0.39, 0.29) is 36.3 Å². The fourth-order valence-electron chi connectivity index (χ4n) is 1.72. The second-order valence-corrected chi connectivity index (χ2v) is 3.85. The van der Waals surface area contributed by atoms with Crippen LogP contribution in [-0.2, 0) is 4.79 Å². The molecule has 14 heavy (non-hydrogen) atoms. The van der Waals surface area contributed by atoms with Gasteiger partial charge in [0.05, 0.1) is 5.92 Å². The largest absolute Gasteiger partial charge is 0.352 e. The zero-order chi connectivity index (χ0) is 9.84. The highest BCUT2D eigenvalue weighted by Crippen LogP contribution is 2.23. The van der Waals surface area contributed by atoms with Gasteiger partial charge in [-0.3, -0.25) is 4.79 Å². The third-order valence-corrected chi connectivity index (χ3v) is 2.65. The number of halogens is 1. The zero-order valence-corrected chi connectivity index (χ0v) is 9.35. The molecule has 1 fully saturated rings. The predicted molar refractivity (Wildman–Crippen MR) is 59.2 cm³/mol. The Balaban J connectivity index is 0.00000169. The number of hydrogen-bond acceptors (Lipinski definition) is 3. The predicted octanol–water partition coefficient (Wildman–Crippen LogP) is -0.001000. The maximum absolute atomic E-state index is 11.6. The number of rotatable bonds is 3. The Hall–Kier alpha value is -0.320. The van der Waals surface area contributed by atoms with Gasteiger partial charge < -0.3 is 16.8 Å². The van der Waals surface area contributed by atoms with E-state index in [1.165, 1.54) is 0 Å². The van der Waals surface area contributed by atoms with E-state index in [1.807, 2.05) is 6.92 Å². The van der Waals surface area contributed by atoms with Gasteiger partial charge in [-0.15, -0.1) is 12.4 Å². The highest BCUT2D eigenvalue weighted by atomic mass is 35.5. The van der Waals surface area contributed by atoms with Gasteiger partial charge in [0.1, 0.15) is 0 Å². The third-order valence-electron chi connectivity index (χ3n) is 2.65. The molecular weight excluding hydrogens is 202 g/mol. The number of hydrogen-bond donors (Lipinski definition) is 3. The summed E-state index contributed by atoms with van der Waals surface area (Å²) in [4.78, 5) is 11.6. The summed E-state index contributed by atoms with van der Waals surface area (Å²) in [5, 5.41) is 2.86. The number of amides is 1. The van der Waals surface area contributed by atoms with Crippen molar-refractivity contribution < 1.29 is 4.79 Å². The van der Waals surface area contributed by atoms with E-state index in [0.29, 0.717) is 6.54 Å². The summed E-state index contributed by atoms with van der Waals surface area (Å²) >= 11 is 0. The molecule has 0 bridgehead atoms. The van der Waals surface area contributed by atoms with Crippen molar-refractivity contribution in [1.29, 1.82) is 0 Å². The number of nitrogens with two attached hydrogens (primary N) is 2. The lowest BCUT2D eigenvalue weighted by molar-refractivity contribution is -0.125. The monoisotopic (exact) mass is 221 g/mol. The van der Waals surface area contributed by atoms with Crippen LogP contribution in [0.4, 0.5) is 0 Å². The first kappa shape index (κ1) is 13.7. The third kappa shape index (κ3) is 3.44. The summed E-state index contributed by atoms with van der Waals surface area (Å²) in [6.07, 6.45) is 2.95. The molecule has 0 heterocycles. The molecule has 5 N–H and O–H groups in total. The second-order valence-electron chi connectivity index (χ2n) is 3.85. The van der Waals surface area contributed by atoms with Crippen molar-refractivity contribution in [2.75, 3.05) is 6.54 Å². The van der Waals surface area contributed by atoms with Crippen LogP contribution in [0.5, 0.6) is 0 Å². The highest BCUT2D eigenvalue weighted by molar-refractivity contribution is 5.85. The normalized spacial score (nSPS) is 27.9. The summed E-state index contributed by atoms with van der Waals surface area (Å²) in [5.74, 6) is 0.0805. The van der Waals surface area contributed by atoms with Crippen LogP contribution >= 0.6 is 12.4 Å². The summed E-state index contributed by atoms with van der Waals surface area (Å²) in [6.45, 7) is 2.38. The van der Waals surface area contributed by atoms with E-state index in [9.17, 15) is 4.79 Å². The van der Waals surface area contributed by atoms with Crippen LogP contribution in [0.1, 0.15) is 26.2 Å². The van der Waals surface area contributed by atoms with Gasteiger partial charge in [0.25, 0.3) is 0 Å². The maximum atomic E-state index is 11.6. The molecule has 84 valence electrons. The van der Waals surface area contributed by atoms with Gasteiger partial charge in [-0.25, -0.2) is 0 Å². The molecule has 1 aliphatic rings. The number of carbonyl (C=O) groups is 1. The van der Waals surface area contributed by atoms with Crippen LogP contribution in [-0.4, -0.2) is 24.5 Å². The lowest BCUT2D eigenvalue weighted by Crippen LogP contribution is -2.44. The second kappa shape index (κ2) is 6.22. The summed E-state index contributed by atoms with van der Waals surface area (Å²) in [7, 11) is 0. The maximum Gasteiger partial charge on any atom is 0.224 e. The molecule has 1 saturated carbocycles. The molecule has 1 rings (SSSR count). The van der Waals surface area contributed by atoms with Crippen LogP contribution in [0.2, 0.25) is 0 Å². The quantitative estimate of drug-likeness (QED) is 0.628. The Bertz CT molecular complexity index is 189. The highest BCUT2D eigenvalue weighted by Gasteiger charge is 2.30. The van der Waals surface area contributed by atoms with Crippen LogP contribution in [0.15, 0.2) is 0 Å². The number of carbonyl (C=O) groups excluding carboxylic acids is 1. The molecule has 0 spiro atoms. The van der Waals surface area contributed by atoms with Gasteiger partial charge in [-0.2, -0.15) is 0 Å². The molecule has 0 aliphatic heterocycles. The smallest absolute Gasteiger partial charge is 0.224 e. The van der Waals surface area contributed by atoms with Gasteiger partial charge in [0.2, 0.25) is 5.91 Å². The van der Waals surface area contributed by atoms with Gasteiger partial charge in [-0.1, -0.05) is 6.42 Å². The summed E-state index contributed by atoms with van der Waals surface area (Å²) in [6, 6.07) is 0.102. The standard InChI is InChI=1S/C9H19N3O.ClH/c1-6(5-10)12-9(13)7-3-2-4-8(7)11;/h6-8H,2-5,10-11H2,1H3,(H,12,13);1H/t6-,7?,8?;/m0./s1. The van der Waals surface area contributed by atoms with Crippen molar-refractivity contribution >= 4 is 18.3 Å². The van der Waals surface area contributed by atoms with Crippen LogP contribution in [0.3, 0.4) is 0 Å². The number of nitrogens with one attached hydrogen (secondary N) is 1. The van der Waals surface area contributed by atoms with Crippen LogP contribution in [0, 0.1) is 5.92 Å². The minimum absolute atomic E-state index is 0. The van der Waals surface area contributed by atoms with Crippen LogP contribution in [0.25, 0.3) is 0 Å². The van der Waals surface area contributed by atoms with Crippen molar-refractivity contribution in [2.45, 2.75) is 38.3 Å². The first-order valence-electron chi connectivity index (χ1n) is 4.91. The summed E-state index contributed by atoms with van der Waals surface area (Å²) in [5.41, 5.74) is 11.2. The van der Waals surface area contributed by atoms with Crippen molar-refractivity contribution in [2.24, 2.45) is 17.4 Å². The molecule has 0 aromatic carbocycles. The van der Waals surface area contributed by atoms with Crippen molar-refractivity contribution in [3.05, 3.63) is 0 Å². The fraction of sp³-hybridized carbons (Fsp3) is 0.889. The zero-order valence-electron chi connectivity index (χ0n) is 8.53. The SMILES string of the molecule is C[C@@H](CN)NC(=O)C1CCCC1N.Cl. The van der Waals surface area contributed by atoms with E-state index in [0.717, 1.165) is 19.3 Å². The molecule has 0 aromatic rings. The molecular formula is C9H20ClN3O. The van der Waals surface area contributed by atoms with E-state index >= 15 is 0 Å². The van der Waals surface area contributed by atoms with Gasteiger partial charge in [0, 0.05) is 18.6 Å². The Labute approximate surface area is 91.2 Å². The van der Waals surface area contributed by atoms with Crippen molar-refractivity contribution in [1.82, 2.24) is 5.32 Å². The molecule has 3 atom stereocenters. The minimum atomic E-state index is 0. The molecule has 0 aromatic heterocycles. The summed E-state index contributed by atoms with van der Waals surface area (Å²) < 4.78 is 0.